The molecular formula is C25H22N4O4. The van der Waals surface area contributed by atoms with Crippen molar-refractivity contribution in [2.45, 2.75) is 26.4 Å². The van der Waals surface area contributed by atoms with Crippen LogP contribution >= 0.6 is 0 Å². The van der Waals surface area contributed by atoms with E-state index >= 15 is 0 Å². The van der Waals surface area contributed by atoms with Crippen molar-refractivity contribution in [2.75, 3.05) is 0 Å². The summed E-state index contributed by atoms with van der Waals surface area (Å²) in [6.45, 7) is 3.89. The van der Waals surface area contributed by atoms with Gasteiger partial charge in [-0.1, -0.05) is 49.4 Å². The molecule has 0 fully saturated rings. The maximum Gasteiger partial charge on any atom is 0.282 e. The van der Waals surface area contributed by atoms with Crippen LogP contribution in [0.5, 0.6) is 5.75 Å². The van der Waals surface area contributed by atoms with E-state index < -0.39 is 4.92 Å². The first kappa shape index (κ1) is 21.9. The molecule has 0 aliphatic heterocycles. The van der Waals surface area contributed by atoms with Crippen molar-refractivity contribution in [1.29, 1.82) is 0 Å². The molecule has 0 aliphatic carbocycles. The Bertz CT molecular complexity index is 1400. The molecule has 0 saturated heterocycles. The number of rotatable bonds is 7. The van der Waals surface area contributed by atoms with Crippen LogP contribution in [0.15, 0.2) is 82.7 Å². The molecule has 33 heavy (non-hydrogen) atoms. The van der Waals surface area contributed by atoms with Crippen molar-refractivity contribution in [1.82, 2.24) is 9.66 Å². The number of nitro benzene ring substituents is 1. The van der Waals surface area contributed by atoms with Gasteiger partial charge >= 0.3 is 0 Å². The number of ether oxygens (including phenoxy) is 1. The van der Waals surface area contributed by atoms with Crippen molar-refractivity contribution >= 4 is 22.8 Å². The maximum atomic E-state index is 13.3. The van der Waals surface area contributed by atoms with E-state index in [0.29, 0.717) is 33.6 Å². The van der Waals surface area contributed by atoms with E-state index in [1.165, 1.54) is 23.0 Å². The second kappa shape index (κ2) is 9.44. The topological polar surface area (TPSA) is 99.6 Å². The van der Waals surface area contributed by atoms with Crippen LogP contribution in [0.3, 0.4) is 0 Å². The van der Waals surface area contributed by atoms with Gasteiger partial charge in [-0.25, -0.2) is 4.98 Å². The fraction of sp³-hybridized carbons (Fsp3) is 0.160. The zero-order valence-corrected chi connectivity index (χ0v) is 18.2. The van der Waals surface area contributed by atoms with Gasteiger partial charge in [-0.2, -0.15) is 9.78 Å². The van der Waals surface area contributed by atoms with Crippen LogP contribution in [0.25, 0.3) is 22.3 Å². The minimum absolute atomic E-state index is 0.0939. The lowest BCUT2D eigenvalue weighted by Gasteiger charge is -2.14. The van der Waals surface area contributed by atoms with E-state index in [2.05, 4.69) is 10.1 Å². The van der Waals surface area contributed by atoms with Crippen molar-refractivity contribution in [3.63, 3.8) is 0 Å². The van der Waals surface area contributed by atoms with Crippen molar-refractivity contribution in [3.8, 4) is 17.1 Å². The number of hydrogen-bond acceptors (Lipinski definition) is 6. The van der Waals surface area contributed by atoms with Crippen LogP contribution in [0.2, 0.25) is 0 Å². The number of hydrogen-bond donors (Lipinski definition) is 0. The Kier molecular flexibility index (Phi) is 6.26. The predicted molar refractivity (Wildman–Crippen MR) is 128 cm³/mol. The van der Waals surface area contributed by atoms with Gasteiger partial charge in [0.1, 0.15) is 5.75 Å². The fourth-order valence-corrected chi connectivity index (χ4v) is 3.28. The smallest absolute Gasteiger partial charge is 0.282 e. The molecule has 4 rings (SSSR count). The molecule has 0 radical (unpaired) electrons. The second-order valence-electron chi connectivity index (χ2n) is 7.50. The summed E-state index contributed by atoms with van der Waals surface area (Å²) >= 11 is 0. The monoisotopic (exact) mass is 442 g/mol. The Morgan fingerprint density at radius 3 is 2.58 bits per heavy atom. The Hall–Kier alpha value is -4.33. The minimum atomic E-state index is -0.483. The molecule has 0 unspecified atom stereocenters. The molecule has 0 N–H and O–H groups in total. The Morgan fingerprint density at radius 2 is 1.85 bits per heavy atom. The first-order valence-electron chi connectivity index (χ1n) is 10.5. The van der Waals surface area contributed by atoms with E-state index in [-0.39, 0.29) is 17.4 Å². The highest BCUT2D eigenvalue weighted by atomic mass is 16.6. The molecule has 8 heteroatoms. The Balaban J connectivity index is 1.89. The summed E-state index contributed by atoms with van der Waals surface area (Å²) in [4.78, 5) is 28.8. The lowest BCUT2D eigenvalue weighted by molar-refractivity contribution is -0.384. The Labute approximate surface area is 189 Å². The molecule has 1 heterocycles. The predicted octanol–water partition coefficient (Wildman–Crippen LogP) is 5.03. The quantitative estimate of drug-likeness (QED) is 0.227. The largest absolute Gasteiger partial charge is 0.490 e. The van der Waals surface area contributed by atoms with Crippen molar-refractivity contribution in [2.24, 2.45) is 5.10 Å². The highest BCUT2D eigenvalue weighted by molar-refractivity contribution is 5.85. The number of non-ortho nitro benzene ring substituents is 1. The maximum absolute atomic E-state index is 13.3. The molecule has 166 valence electrons. The lowest BCUT2D eigenvalue weighted by Crippen LogP contribution is -2.20. The molecule has 4 aromatic rings. The van der Waals surface area contributed by atoms with Gasteiger partial charge in [0.25, 0.3) is 11.2 Å². The van der Waals surface area contributed by atoms with Gasteiger partial charge in [-0.05, 0) is 31.5 Å². The van der Waals surface area contributed by atoms with Crippen LogP contribution in [-0.4, -0.2) is 26.9 Å². The van der Waals surface area contributed by atoms with Gasteiger partial charge in [0, 0.05) is 23.3 Å². The van der Waals surface area contributed by atoms with E-state index in [1.807, 2.05) is 50.2 Å². The normalized spacial score (nSPS) is 12.2. The first-order chi connectivity index (χ1) is 16.0. The van der Waals surface area contributed by atoms with Gasteiger partial charge < -0.3 is 4.74 Å². The number of aromatic nitrogens is 2. The SMILES string of the molecule is CC[C@@H](C)Oc1ccc([N+](=O)[O-])cc1C=Nn1c(-c2ccccc2)nc2ccccc2c1=O. The van der Waals surface area contributed by atoms with Gasteiger partial charge in [0.15, 0.2) is 5.82 Å². The van der Waals surface area contributed by atoms with Crippen molar-refractivity contribution < 1.29 is 9.66 Å². The third kappa shape index (κ3) is 4.64. The number of nitrogens with zero attached hydrogens (tertiary/aromatic N) is 4. The molecular weight excluding hydrogens is 420 g/mol. The van der Waals surface area contributed by atoms with Gasteiger partial charge in [-0.3, -0.25) is 14.9 Å². The van der Waals surface area contributed by atoms with Crippen LogP contribution in [-0.2, 0) is 0 Å². The highest BCUT2D eigenvalue weighted by Gasteiger charge is 2.15. The van der Waals surface area contributed by atoms with Gasteiger partial charge in [0.05, 0.1) is 28.1 Å². The molecule has 0 saturated carbocycles. The summed E-state index contributed by atoms with van der Waals surface area (Å²) in [5.74, 6) is 0.812. The average Bonchev–Trinajstić information content (AvgIpc) is 2.84. The molecule has 3 aromatic carbocycles. The van der Waals surface area contributed by atoms with Crippen LogP contribution < -0.4 is 10.3 Å². The highest BCUT2D eigenvalue weighted by Crippen LogP contribution is 2.25. The summed E-state index contributed by atoms with van der Waals surface area (Å²) in [7, 11) is 0. The number of fused-ring (bicyclic) bond motifs is 1. The molecule has 1 atom stereocenters. The van der Waals surface area contributed by atoms with E-state index in [1.54, 1.807) is 24.3 Å². The zero-order chi connectivity index (χ0) is 23.4. The average molecular weight is 442 g/mol. The molecule has 1 aromatic heterocycles. The first-order valence-corrected chi connectivity index (χ1v) is 10.5. The Morgan fingerprint density at radius 1 is 1.12 bits per heavy atom. The minimum Gasteiger partial charge on any atom is -0.490 e. The third-order valence-corrected chi connectivity index (χ3v) is 5.21. The van der Waals surface area contributed by atoms with Crippen molar-refractivity contribution in [3.05, 3.63) is 98.8 Å². The third-order valence-electron chi connectivity index (χ3n) is 5.21. The summed E-state index contributed by atoms with van der Waals surface area (Å²) in [5.41, 5.74) is 1.23. The van der Waals surface area contributed by atoms with Crippen LogP contribution in [0.1, 0.15) is 25.8 Å². The summed E-state index contributed by atoms with van der Waals surface area (Å²) in [6, 6.07) is 20.6. The van der Waals surface area contributed by atoms with Gasteiger partial charge in [-0.15, -0.1) is 0 Å². The molecule has 8 nitrogen and oxygen atoms in total. The number of nitro groups is 1. The van der Waals surface area contributed by atoms with Crippen LogP contribution in [0.4, 0.5) is 5.69 Å². The van der Waals surface area contributed by atoms with Gasteiger partial charge in [0.2, 0.25) is 0 Å². The summed E-state index contributed by atoms with van der Waals surface area (Å²) < 4.78 is 7.13. The second-order valence-corrected chi connectivity index (χ2v) is 7.50. The lowest BCUT2D eigenvalue weighted by atomic mass is 10.2. The molecule has 0 spiro atoms. The number of para-hydroxylation sites is 1. The summed E-state index contributed by atoms with van der Waals surface area (Å²) in [6.07, 6.45) is 2.07. The molecule has 0 aliphatic rings. The van der Waals surface area contributed by atoms with E-state index in [4.69, 9.17) is 4.74 Å². The van der Waals surface area contributed by atoms with E-state index in [9.17, 15) is 14.9 Å². The molecule has 0 bridgehead atoms. The fourth-order valence-electron chi connectivity index (χ4n) is 3.28. The standard InChI is InChI=1S/C25H22N4O4/c1-3-17(2)33-23-14-13-20(29(31)32)15-19(23)16-26-28-24(18-9-5-4-6-10-18)27-22-12-8-7-11-21(22)25(28)30/h4-17H,3H2,1-2H3/t17-/m1/s1. The van der Waals surface area contributed by atoms with Crippen LogP contribution in [0, 0.1) is 10.1 Å². The molecule has 0 amide bonds. The summed E-state index contributed by atoms with van der Waals surface area (Å²) in [5, 5.41) is 16.1. The number of benzene rings is 3. The van der Waals surface area contributed by atoms with E-state index in [0.717, 1.165) is 6.42 Å². The zero-order valence-electron chi connectivity index (χ0n) is 18.2.